The summed E-state index contributed by atoms with van der Waals surface area (Å²) in [5.41, 5.74) is 1.83. The zero-order chi connectivity index (χ0) is 19.7. The van der Waals surface area contributed by atoms with Crippen molar-refractivity contribution in [1.29, 1.82) is 0 Å². The summed E-state index contributed by atoms with van der Waals surface area (Å²) in [6.07, 6.45) is 3.60. The lowest BCUT2D eigenvalue weighted by Crippen LogP contribution is -2.29. The number of hydrogen-bond donors (Lipinski definition) is 1. The Balaban J connectivity index is 1.63. The molecular formula is C21H21FN4O2. The van der Waals surface area contributed by atoms with Crippen LogP contribution in [0.5, 0.6) is 0 Å². The van der Waals surface area contributed by atoms with Crippen molar-refractivity contribution >= 4 is 17.3 Å². The topological polar surface area (TPSA) is 66.7 Å². The Kier molecular flexibility index (Phi) is 4.81. The highest BCUT2D eigenvalue weighted by Crippen LogP contribution is 2.32. The van der Waals surface area contributed by atoms with Crippen LogP contribution in [0.1, 0.15) is 47.7 Å². The molecule has 28 heavy (non-hydrogen) atoms. The van der Waals surface area contributed by atoms with Crippen LogP contribution in [0.4, 0.5) is 4.39 Å². The van der Waals surface area contributed by atoms with E-state index in [1.54, 1.807) is 19.1 Å². The molecule has 3 heterocycles. The molecule has 1 fully saturated rings. The van der Waals surface area contributed by atoms with E-state index in [2.05, 4.69) is 10.3 Å². The molecule has 0 aliphatic carbocycles. The Morgan fingerprint density at radius 2 is 2.00 bits per heavy atom. The van der Waals surface area contributed by atoms with Gasteiger partial charge in [0.25, 0.3) is 5.91 Å². The van der Waals surface area contributed by atoms with E-state index < -0.39 is 0 Å². The molecule has 1 saturated heterocycles. The molecule has 3 aromatic rings. The summed E-state index contributed by atoms with van der Waals surface area (Å²) < 4.78 is 14.9. The van der Waals surface area contributed by atoms with Crippen LogP contribution in [0.15, 0.2) is 48.7 Å². The molecule has 1 aliphatic rings. The SMILES string of the molecule is CC(=O)N1CCC[C@@H]1c1nc(C(=O)NCc2ccc(F)cc2)c2ccccn12. The fourth-order valence-electron chi connectivity index (χ4n) is 3.74. The number of amides is 2. The number of halogens is 1. The lowest BCUT2D eigenvalue weighted by Gasteiger charge is -2.22. The molecule has 0 spiro atoms. The van der Waals surface area contributed by atoms with Crippen LogP contribution in [0.2, 0.25) is 0 Å². The Bertz CT molecular complexity index is 1030. The van der Waals surface area contributed by atoms with E-state index in [9.17, 15) is 14.0 Å². The number of imidazole rings is 1. The number of carbonyl (C=O) groups excluding carboxylic acids is 2. The zero-order valence-electron chi connectivity index (χ0n) is 15.6. The van der Waals surface area contributed by atoms with E-state index in [1.165, 1.54) is 12.1 Å². The largest absolute Gasteiger partial charge is 0.347 e. The van der Waals surface area contributed by atoms with Crippen molar-refractivity contribution in [3.63, 3.8) is 0 Å². The van der Waals surface area contributed by atoms with Gasteiger partial charge in [0.05, 0.1) is 11.6 Å². The first-order valence-corrected chi connectivity index (χ1v) is 9.31. The molecule has 6 nitrogen and oxygen atoms in total. The van der Waals surface area contributed by atoms with E-state index in [0.29, 0.717) is 23.6 Å². The normalized spacial score (nSPS) is 16.5. The first-order chi connectivity index (χ1) is 13.5. The van der Waals surface area contributed by atoms with Gasteiger partial charge in [-0.2, -0.15) is 0 Å². The van der Waals surface area contributed by atoms with Crippen LogP contribution in [-0.4, -0.2) is 32.6 Å². The van der Waals surface area contributed by atoms with Gasteiger partial charge in [-0.15, -0.1) is 0 Å². The number of nitrogens with one attached hydrogen (secondary N) is 1. The second-order valence-corrected chi connectivity index (χ2v) is 6.95. The van der Waals surface area contributed by atoms with E-state index in [0.717, 1.165) is 18.4 Å². The highest BCUT2D eigenvalue weighted by atomic mass is 19.1. The predicted molar refractivity (Wildman–Crippen MR) is 102 cm³/mol. The zero-order valence-corrected chi connectivity index (χ0v) is 15.6. The van der Waals surface area contributed by atoms with Gasteiger partial charge in [0.1, 0.15) is 11.6 Å². The van der Waals surface area contributed by atoms with Gasteiger partial charge in [-0.3, -0.25) is 9.59 Å². The van der Waals surface area contributed by atoms with Crippen molar-refractivity contribution in [3.8, 4) is 0 Å². The quantitative estimate of drug-likeness (QED) is 0.756. The van der Waals surface area contributed by atoms with Crippen LogP contribution in [-0.2, 0) is 11.3 Å². The number of nitrogens with zero attached hydrogens (tertiary/aromatic N) is 3. The predicted octanol–water partition coefficient (Wildman–Crippen LogP) is 3.09. The smallest absolute Gasteiger partial charge is 0.272 e. The van der Waals surface area contributed by atoms with Gasteiger partial charge in [0, 0.05) is 26.2 Å². The maximum atomic E-state index is 13.0. The molecule has 1 atom stereocenters. The fourth-order valence-corrected chi connectivity index (χ4v) is 3.74. The third kappa shape index (κ3) is 3.35. The van der Waals surface area contributed by atoms with E-state index in [-0.39, 0.29) is 30.2 Å². The van der Waals surface area contributed by atoms with Crippen molar-refractivity contribution in [2.45, 2.75) is 32.4 Å². The van der Waals surface area contributed by atoms with Crippen molar-refractivity contribution < 1.29 is 14.0 Å². The summed E-state index contributed by atoms with van der Waals surface area (Å²) in [6.45, 7) is 2.54. The van der Waals surface area contributed by atoms with Gasteiger partial charge >= 0.3 is 0 Å². The van der Waals surface area contributed by atoms with Gasteiger partial charge in [-0.05, 0) is 42.7 Å². The number of pyridine rings is 1. The number of benzene rings is 1. The van der Waals surface area contributed by atoms with Crippen LogP contribution >= 0.6 is 0 Å². The van der Waals surface area contributed by atoms with Crippen molar-refractivity contribution in [3.05, 3.63) is 71.6 Å². The highest BCUT2D eigenvalue weighted by Gasteiger charge is 2.32. The summed E-state index contributed by atoms with van der Waals surface area (Å²) in [5, 5.41) is 2.85. The summed E-state index contributed by atoms with van der Waals surface area (Å²) in [7, 11) is 0. The first-order valence-electron chi connectivity index (χ1n) is 9.31. The van der Waals surface area contributed by atoms with E-state index in [4.69, 9.17) is 0 Å². The number of fused-ring (bicyclic) bond motifs is 1. The van der Waals surface area contributed by atoms with Gasteiger partial charge in [-0.25, -0.2) is 9.37 Å². The molecule has 2 amide bonds. The van der Waals surface area contributed by atoms with Gasteiger partial charge in [-0.1, -0.05) is 18.2 Å². The molecule has 1 aliphatic heterocycles. The lowest BCUT2D eigenvalue weighted by atomic mass is 10.2. The monoisotopic (exact) mass is 380 g/mol. The Hall–Kier alpha value is -3.22. The Morgan fingerprint density at radius 1 is 1.21 bits per heavy atom. The average Bonchev–Trinajstić information content (AvgIpc) is 3.32. The Labute approximate surface area is 162 Å². The number of carbonyl (C=O) groups is 2. The third-order valence-electron chi connectivity index (χ3n) is 5.11. The van der Waals surface area contributed by atoms with Crippen LogP contribution < -0.4 is 5.32 Å². The third-order valence-corrected chi connectivity index (χ3v) is 5.11. The number of likely N-dealkylation sites (tertiary alicyclic amines) is 1. The van der Waals surface area contributed by atoms with Crippen LogP contribution in [0.25, 0.3) is 5.52 Å². The number of rotatable bonds is 4. The maximum Gasteiger partial charge on any atom is 0.272 e. The minimum atomic E-state index is -0.314. The molecule has 0 saturated carbocycles. The maximum absolute atomic E-state index is 13.0. The molecule has 4 rings (SSSR count). The second-order valence-electron chi connectivity index (χ2n) is 6.95. The molecular weight excluding hydrogens is 359 g/mol. The van der Waals surface area contributed by atoms with Crippen molar-refractivity contribution in [1.82, 2.24) is 19.6 Å². The average molecular weight is 380 g/mol. The molecule has 0 bridgehead atoms. The molecule has 1 aromatic carbocycles. The Morgan fingerprint density at radius 3 is 2.75 bits per heavy atom. The summed E-state index contributed by atoms with van der Waals surface area (Å²) in [4.78, 5) is 31.2. The van der Waals surface area contributed by atoms with Crippen LogP contribution in [0, 0.1) is 5.82 Å². The van der Waals surface area contributed by atoms with Gasteiger partial charge in [0.2, 0.25) is 5.91 Å². The molecule has 0 radical (unpaired) electrons. The van der Waals surface area contributed by atoms with Gasteiger partial charge < -0.3 is 14.6 Å². The molecule has 1 N–H and O–H groups in total. The molecule has 144 valence electrons. The first kappa shape index (κ1) is 18.2. The minimum Gasteiger partial charge on any atom is -0.347 e. The van der Waals surface area contributed by atoms with Crippen LogP contribution in [0.3, 0.4) is 0 Å². The fraction of sp³-hybridized carbons (Fsp3) is 0.286. The number of hydrogen-bond acceptors (Lipinski definition) is 3. The number of aromatic nitrogens is 2. The van der Waals surface area contributed by atoms with Crippen molar-refractivity contribution in [2.75, 3.05) is 6.54 Å². The molecule has 2 aromatic heterocycles. The standard InChI is InChI=1S/C21H21FN4O2/c1-14(27)25-12-4-6-18(25)20-24-19(17-5-2-3-11-26(17)20)21(28)23-13-15-7-9-16(22)10-8-15/h2-3,5,7-11,18H,4,6,12-13H2,1H3,(H,23,28)/t18-/m1/s1. The second kappa shape index (κ2) is 7.42. The molecule has 0 unspecified atom stereocenters. The van der Waals surface area contributed by atoms with E-state index >= 15 is 0 Å². The highest BCUT2D eigenvalue weighted by molar-refractivity contribution is 5.99. The summed E-state index contributed by atoms with van der Waals surface area (Å²) in [6, 6.07) is 11.4. The van der Waals surface area contributed by atoms with E-state index in [1.807, 2.05) is 33.7 Å². The molecule has 7 heteroatoms. The summed E-state index contributed by atoms with van der Waals surface area (Å²) >= 11 is 0. The lowest BCUT2D eigenvalue weighted by molar-refractivity contribution is -0.129. The minimum absolute atomic E-state index is 0.0116. The summed E-state index contributed by atoms with van der Waals surface area (Å²) in [5.74, 6) is 0.103. The van der Waals surface area contributed by atoms with Crippen molar-refractivity contribution in [2.24, 2.45) is 0 Å². The van der Waals surface area contributed by atoms with Gasteiger partial charge in [0.15, 0.2) is 5.69 Å².